The van der Waals surface area contributed by atoms with Gasteiger partial charge in [-0.1, -0.05) is 19.1 Å². The largest absolute Gasteiger partial charge is 0.486 e. The van der Waals surface area contributed by atoms with Crippen LogP contribution in [0.5, 0.6) is 11.5 Å². The Morgan fingerprint density at radius 1 is 1.33 bits per heavy atom. The summed E-state index contributed by atoms with van der Waals surface area (Å²) in [5.74, 6) is 1.90. The zero-order chi connectivity index (χ0) is 14.9. The van der Waals surface area contributed by atoms with Crippen molar-refractivity contribution >= 4 is 0 Å². The van der Waals surface area contributed by atoms with Gasteiger partial charge in [0.05, 0.1) is 0 Å². The second kappa shape index (κ2) is 5.88. The highest BCUT2D eigenvalue weighted by atomic mass is 16.5. The predicted octanol–water partition coefficient (Wildman–Crippen LogP) is 3.70. The summed E-state index contributed by atoms with van der Waals surface area (Å²) in [6, 6.07) is 6.90. The fraction of sp³-hybridized carbons (Fsp3) is 0.667. The molecule has 1 saturated carbocycles. The number of fused-ring (bicyclic) bond motifs is 1. The van der Waals surface area contributed by atoms with E-state index in [4.69, 9.17) is 9.47 Å². The van der Waals surface area contributed by atoms with Crippen LogP contribution in [0.3, 0.4) is 0 Å². The Balaban J connectivity index is 1.64. The van der Waals surface area contributed by atoms with Crippen molar-refractivity contribution in [2.45, 2.75) is 70.6 Å². The minimum absolute atomic E-state index is 0.108. The van der Waals surface area contributed by atoms with Gasteiger partial charge >= 0.3 is 0 Å². The summed E-state index contributed by atoms with van der Waals surface area (Å²) in [7, 11) is 0. The number of rotatable bonds is 5. The van der Waals surface area contributed by atoms with Crippen LogP contribution in [0.1, 0.15) is 52.0 Å². The summed E-state index contributed by atoms with van der Waals surface area (Å²) in [4.78, 5) is 0. The first-order valence-electron chi connectivity index (χ1n) is 8.28. The highest BCUT2D eigenvalue weighted by Gasteiger charge is 2.33. The van der Waals surface area contributed by atoms with Crippen molar-refractivity contribution in [1.29, 1.82) is 0 Å². The lowest BCUT2D eigenvalue weighted by molar-refractivity contribution is 0.125. The number of nitrogens with one attached hydrogen (secondary N) is 1. The molecule has 3 rings (SSSR count). The quantitative estimate of drug-likeness (QED) is 0.896. The number of benzene rings is 1. The third kappa shape index (κ3) is 3.34. The van der Waals surface area contributed by atoms with Crippen LogP contribution < -0.4 is 14.8 Å². The lowest BCUT2D eigenvalue weighted by Crippen LogP contribution is -2.28. The molecule has 0 aromatic heterocycles. The molecule has 116 valence electrons. The van der Waals surface area contributed by atoms with Crippen molar-refractivity contribution in [1.82, 2.24) is 5.32 Å². The molecule has 2 unspecified atom stereocenters. The van der Waals surface area contributed by atoms with Crippen LogP contribution in [0.2, 0.25) is 0 Å². The van der Waals surface area contributed by atoms with Gasteiger partial charge in [0.15, 0.2) is 11.5 Å². The molecule has 21 heavy (non-hydrogen) atoms. The van der Waals surface area contributed by atoms with E-state index in [1.165, 1.54) is 18.4 Å². The maximum atomic E-state index is 6.26. The minimum atomic E-state index is -0.108. The molecule has 0 saturated heterocycles. The maximum absolute atomic E-state index is 6.26. The average Bonchev–Trinajstić information content (AvgIpc) is 2.99. The molecule has 1 aromatic carbocycles. The van der Waals surface area contributed by atoms with Crippen molar-refractivity contribution in [2.24, 2.45) is 0 Å². The Morgan fingerprint density at radius 3 is 3.00 bits per heavy atom. The fourth-order valence-corrected chi connectivity index (χ4v) is 3.44. The van der Waals surface area contributed by atoms with Gasteiger partial charge in [0.25, 0.3) is 0 Å². The molecule has 1 aliphatic carbocycles. The first kappa shape index (κ1) is 14.7. The molecule has 0 bridgehead atoms. The molecule has 2 atom stereocenters. The van der Waals surface area contributed by atoms with E-state index in [-0.39, 0.29) is 5.60 Å². The smallest absolute Gasteiger partial charge is 0.165 e. The number of hydrogen-bond acceptors (Lipinski definition) is 3. The van der Waals surface area contributed by atoms with Crippen LogP contribution in [0.4, 0.5) is 0 Å². The van der Waals surface area contributed by atoms with Crippen LogP contribution >= 0.6 is 0 Å². The molecule has 1 aliphatic heterocycles. The number of para-hydroxylation sites is 1. The van der Waals surface area contributed by atoms with E-state index in [0.717, 1.165) is 37.3 Å². The Kier molecular flexibility index (Phi) is 4.12. The van der Waals surface area contributed by atoms with Crippen molar-refractivity contribution in [3.05, 3.63) is 23.8 Å². The van der Waals surface area contributed by atoms with E-state index >= 15 is 0 Å². The molecule has 2 aliphatic rings. The average molecular weight is 289 g/mol. The van der Waals surface area contributed by atoms with Crippen molar-refractivity contribution < 1.29 is 9.47 Å². The summed E-state index contributed by atoms with van der Waals surface area (Å²) in [5.41, 5.74) is 1.17. The molecule has 0 amide bonds. The molecule has 0 spiro atoms. The first-order chi connectivity index (χ1) is 10.1. The number of hydrogen-bond donors (Lipinski definition) is 1. The van der Waals surface area contributed by atoms with Crippen LogP contribution in [0.15, 0.2) is 18.2 Å². The van der Waals surface area contributed by atoms with E-state index in [9.17, 15) is 0 Å². The highest BCUT2D eigenvalue weighted by Crippen LogP contribution is 2.42. The Bertz CT molecular complexity index is 498. The highest BCUT2D eigenvalue weighted by molar-refractivity contribution is 5.50. The first-order valence-corrected chi connectivity index (χ1v) is 8.28. The third-order valence-electron chi connectivity index (χ3n) is 4.42. The van der Waals surface area contributed by atoms with Gasteiger partial charge in [-0.3, -0.25) is 0 Å². The van der Waals surface area contributed by atoms with Crippen LogP contribution in [-0.2, 0) is 6.42 Å². The molecule has 1 aromatic rings. The molecule has 3 heteroatoms. The fourth-order valence-electron chi connectivity index (χ4n) is 3.44. The zero-order valence-electron chi connectivity index (χ0n) is 13.4. The summed E-state index contributed by atoms with van der Waals surface area (Å²) in [6.45, 7) is 7.59. The molecule has 3 nitrogen and oxygen atoms in total. The van der Waals surface area contributed by atoms with Gasteiger partial charge in [-0.15, -0.1) is 0 Å². The summed E-state index contributed by atoms with van der Waals surface area (Å²) in [6.07, 6.45) is 5.92. The van der Waals surface area contributed by atoms with Gasteiger partial charge in [-0.25, -0.2) is 0 Å². The monoisotopic (exact) mass is 289 g/mol. The Morgan fingerprint density at radius 2 is 2.19 bits per heavy atom. The van der Waals surface area contributed by atoms with E-state index in [1.807, 2.05) is 6.07 Å². The van der Waals surface area contributed by atoms with Gasteiger partial charge in [0.1, 0.15) is 11.7 Å². The van der Waals surface area contributed by atoms with Crippen molar-refractivity contribution in [3.8, 4) is 11.5 Å². The topological polar surface area (TPSA) is 30.5 Å². The normalized spacial score (nSPS) is 26.4. The van der Waals surface area contributed by atoms with Crippen molar-refractivity contribution in [2.75, 3.05) is 6.54 Å². The standard InChI is InChI=1S/C18H27NO2/c1-4-10-19-14-8-9-15(11-14)20-16-7-5-6-13-12-18(2,3)21-17(13)16/h5-7,14-15,19H,4,8-12H2,1-3H3. The zero-order valence-corrected chi connectivity index (χ0v) is 13.4. The van der Waals surface area contributed by atoms with E-state index < -0.39 is 0 Å². The summed E-state index contributed by atoms with van der Waals surface area (Å²) in [5, 5.41) is 3.60. The Hall–Kier alpha value is -1.22. The SMILES string of the molecule is CCCNC1CCC(Oc2cccc3c2OC(C)(C)C3)C1. The van der Waals surface area contributed by atoms with Gasteiger partial charge in [0.2, 0.25) is 0 Å². The molecular weight excluding hydrogens is 262 g/mol. The second-order valence-electron chi connectivity index (χ2n) is 6.99. The van der Waals surface area contributed by atoms with E-state index in [0.29, 0.717) is 12.1 Å². The van der Waals surface area contributed by atoms with Gasteiger partial charge in [-0.2, -0.15) is 0 Å². The van der Waals surface area contributed by atoms with Gasteiger partial charge < -0.3 is 14.8 Å². The molecule has 1 N–H and O–H groups in total. The maximum Gasteiger partial charge on any atom is 0.165 e. The summed E-state index contributed by atoms with van der Waals surface area (Å²) >= 11 is 0. The second-order valence-corrected chi connectivity index (χ2v) is 6.99. The van der Waals surface area contributed by atoms with Crippen LogP contribution in [-0.4, -0.2) is 24.3 Å². The van der Waals surface area contributed by atoms with Crippen molar-refractivity contribution in [3.63, 3.8) is 0 Å². The van der Waals surface area contributed by atoms with Crippen LogP contribution in [0.25, 0.3) is 0 Å². The third-order valence-corrected chi connectivity index (χ3v) is 4.42. The lowest BCUT2D eigenvalue weighted by atomic mass is 10.0. The predicted molar refractivity (Wildman–Crippen MR) is 85.2 cm³/mol. The van der Waals surface area contributed by atoms with Crippen LogP contribution in [0, 0.1) is 0 Å². The van der Waals surface area contributed by atoms with E-state index in [2.05, 4.69) is 38.2 Å². The van der Waals surface area contributed by atoms with Gasteiger partial charge in [-0.05, 0) is 52.1 Å². The van der Waals surface area contributed by atoms with E-state index in [1.54, 1.807) is 0 Å². The molecular formula is C18H27NO2. The molecule has 1 fully saturated rings. The molecule has 0 radical (unpaired) electrons. The Labute approximate surface area is 128 Å². The number of ether oxygens (including phenoxy) is 2. The van der Waals surface area contributed by atoms with Gasteiger partial charge in [0, 0.05) is 18.0 Å². The minimum Gasteiger partial charge on any atom is -0.486 e. The molecule has 1 heterocycles. The lowest BCUT2D eigenvalue weighted by Gasteiger charge is -2.20. The summed E-state index contributed by atoms with van der Waals surface area (Å²) < 4.78 is 12.3.